The topological polar surface area (TPSA) is 0 Å². The van der Waals surface area contributed by atoms with E-state index in [0.29, 0.717) is 0 Å². The van der Waals surface area contributed by atoms with E-state index in [1.54, 1.807) is 0 Å². The molecule has 22 heavy (non-hydrogen) atoms. The van der Waals surface area contributed by atoms with Gasteiger partial charge in [0.1, 0.15) is 0 Å². The zero-order chi connectivity index (χ0) is 15.0. The van der Waals surface area contributed by atoms with Gasteiger partial charge in [-0.05, 0) is 41.9 Å². The molecular formula is C22H19. The Kier molecular flexibility index (Phi) is 5.04. The number of benzene rings is 3. The summed E-state index contributed by atoms with van der Waals surface area (Å²) in [7, 11) is 0. The SMILES string of the molecule is [CH](c1ccccc1)C([CH]c1ccccc1)[CH]c1ccccc1. The van der Waals surface area contributed by atoms with Gasteiger partial charge in [-0.25, -0.2) is 0 Å². The largest absolute Gasteiger partial charge is 0.0622 e. The van der Waals surface area contributed by atoms with Gasteiger partial charge < -0.3 is 0 Å². The zero-order valence-corrected chi connectivity index (χ0v) is 12.5. The van der Waals surface area contributed by atoms with E-state index in [1.807, 2.05) is 18.2 Å². The Morgan fingerprint density at radius 2 is 0.682 bits per heavy atom. The minimum atomic E-state index is 0.257. The van der Waals surface area contributed by atoms with Crippen molar-refractivity contribution >= 4 is 0 Å². The van der Waals surface area contributed by atoms with Gasteiger partial charge in [-0.1, -0.05) is 91.0 Å². The standard InChI is InChI=1S/C22H19/c1-4-10-19(11-5-1)16-22(17-20-12-6-2-7-13-20)18-21-14-8-3-9-15-21/h1-18,22H. The van der Waals surface area contributed by atoms with Gasteiger partial charge in [-0.2, -0.15) is 0 Å². The molecule has 3 aromatic rings. The van der Waals surface area contributed by atoms with Crippen LogP contribution in [0.15, 0.2) is 91.0 Å². The van der Waals surface area contributed by atoms with E-state index < -0.39 is 0 Å². The van der Waals surface area contributed by atoms with E-state index in [2.05, 4.69) is 92.1 Å². The molecule has 0 amide bonds. The molecule has 0 aromatic heterocycles. The van der Waals surface area contributed by atoms with Gasteiger partial charge in [0.25, 0.3) is 0 Å². The number of hydrogen-bond acceptors (Lipinski definition) is 0. The van der Waals surface area contributed by atoms with Crippen molar-refractivity contribution in [2.24, 2.45) is 5.92 Å². The highest BCUT2D eigenvalue weighted by molar-refractivity contribution is 5.36. The van der Waals surface area contributed by atoms with E-state index >= 15 is 0 Å². The first-order chi connectivity index (χ1) is 10.9. The van der Waals surface area contributed by atoms with Crippen LogP contribution in [0.25, 0.3) is 0 Å². The van der Waals surface area contributed by atoms with Crippen molar-refractivity contribution in [2.45, 2.75) is 0 Å². The number of hydrogen-bond donors (Lipinski definition) is 0. The fourth-order valence-corrected chi connectivity index (χ4v) is 2.50. The van der Waals surface area contributed by atoms with Crippen LogP contribution in [0, 0.1) is 25.2 Å². The molecule has 0 unspecified atom stereocenters. The summed E-state index contributed by atoms with van der Waals surface area (Å²) in [6, 6.07) is 31.5. The Hall–Kier alpha value is -2.34. The van der Waals surface area contributed by atoms with Gasteiger partial charge in [0.05, 0.1) is 0 Å². The first kappa shape index (κ1) is 14.6. The molecule has 0 heteroatoms. The highest BCUT2D eigenvalue weighted by Crippen LogP contribution is 2.24. The van der Waals surface area contributed by atoms with Gasteiger partial charge in [-0.15, -0.1) is 0 Å². The molecule has 0 heterocycles. The monoisotopic (exact) mass is 283 g/mol. The Labute approximate surface area is 133 Å². The van der Waals surface area contributed by atoms with E-state index in [-0.39, 0.29) is 5.92 Å². The molecule has 0 N–H and O–H groups in total. The predicted octanol–water partition coefficient (Wildman–Crippen LogP) is 5.36. The highest BCUT2D eigenvalue weighted by Gasteiger charge is 2.13. The van der Waals surface area contributed by atoms with Crippen molar-refractivity contribution in [1.82, 2.24) is 0 Å². The molecule has 0 bridgehead atoms. The molecule has 0 nitrogen and oxygen atoms in total. The minimum Gasteiger partial charge on any atom is -0.0622 e. The first-order valence-electron chi connectivity index (χ1n) is 7.60. The third-order valence-corrected chi connectivity index (χ3v) is 3.55. The lowest BCUT2D eigenvalue weighted by Gasteiger charge is -2.16. The zero-order valence-electron chi connectivity index (χ0n) is 12.5. The predicted molar refractivity (Wildman–Crippen MR) is 93.0 cm³/mol. The highest BCUT2D eigenvalue weighted by atomic mass is 14.2. The van der Waals surface area contributed by atoms with E-state index in [9.17, 15) is 0 Å². The fraction of sp³-hybridized carbons (Fsp3) is 0.0455. The minimum absolute atomic E-state index is 0.257. The summed E-state index contributed by atoms with van der Waals surface area (Å²) in [6.07, 6.45) is 6.88. The normalized spacial score (nSPS) is 10.8. The molecule has 107 valence electrons. The lowest BCUT2D eigenvalue weighted by molar-refractivity contribution is 0.854. The molecule has 0 aliphatic rings. The molecule has 0 spiro atoms. The third kappa shape index (κ3) is 4.33. The maximum Gasteiger partial charge on any atom is -0.00495 e. The number of rotatable bonds is 6. The van der Waals surface area contributed by atoms with Crippen LogP contribution in [0.4, 0.5) is 0 Å². The summed E-state index contributed by atoms with van der Waals surface area (Å²) in [5, 5.41) is 0. The van der Waals surface area contributed by atoms with Gasteiger partial charge >= 0.3 is 0 Å². The smallest absolute Gasteiger partial charge is 0.00495 e. The molecule has 0 saturated heterocycles. The van der Waals surface area contributed by atoms with Crippen molar-refractivity contribution in [3.05, 3.63) is 127 Å². The van der Waals surface area contributed by atoms with Crippen molar-refractivity contribution in [2.75, 3.05) is 0 Å². The van der Waals surface area contributed by atoms with Crippen LogP contribution >= 0.6 is 0 Å². The molecule has 0 atom stereocenters. The van der Waals surface area contributed by atoms with Gasteiger partial charge in [0.15, 0.2) is 0 Å². The summed E-state index contributed by atoms with van der Waals surface area (Å²) >= 11 is 0. The summed E-state index contributed by atoms with van der Waals surface area (Å²) in [5.41, 5.74) is 3.73. The van der Waals surface area contributed by atoms with Crippen molar-refractivity contribution in [3.8, 4) is 0 Å². The Bertz CT molecular complexity index is 558. The maximum atomic E-state index is 2.29. The van der Waals surface area contributed by atoms with Crippen LogP contribution in [0.3, 0.4) is 0 Å². The molecule has 0 saturated carbocycles. The Morgan fingerprint density at radius 3 is 0.955 bits per heavy atom. The van der Waals surface area contributed by atoms with E-state index in [0.717, 1.165) is 0 Å². The van der Waals surface area contributed by atoms with Crippen molar-refractivity contribution in [3.63, 3.8) is 0 Å². The quantitative estimate of drug-likeness (QED) is 0.571. The summed E-state index contributed by atoms with van der Waals surface area (Å²) in [6.45, 7) is 0. The Morgan fingerprint density at radius 1 is 0.409 bits per heavy atom. The molecule has 3 radical (unpaired) electrons. The first-order valence-corrected chi connectivity index (χ1v) is 7.60. The molecule has 3 aromatic carbocycles. The van der Waals surface area contributed by atoms with Gasteiger partial charge in [-0.3, -0.25) is 0 Å². The van der Waals surface area contributed by atoms with Crippen molar-refractivity contribution in [1.29, 1.82) is 0 Å². The summed E-state index contributed by atoms with van der Waals surface area (Å²) in [4.78, 5) is 0. The third-order valence-electron chi connectivity index (χ3n) is 3.55. The van der Waals surface area contributed by atoms with Crippen LogP contribution in [-0.2, 0) is 0 Å². The molecule has 0 aliphatic heterocycles. The van der Waals surface area contributed by atoms with Crippen molar-refractivity contribution < 1.29 is 0 Å². The van der Waals surface area contributed by atoms with E-state index in [4.69, 9.17) is 0 Å². The fourth-order valence-electron chi connectivity index (χ4n) is 2.50. The van der Waals surface area contributed by atoms with Crippen LogP contribution in [0.1, 0.15) is 16.7 Å². The molecule has 0 aliphatic carbocycles. The Balaban J connectivity index is 1.75. The second kappa shape index (κ2) is 7.61. The molecule has 0 fully saturated rings. The van der Waals surface area contributed by atoms with Crippen LogP contribution in [0.5, 0.6) is 0 Å². The van der Waals surface area contributed by atoms with E-state index in [1.165, 1.54) is 16.7 Å². The van der Waals surface area contributed by atoms with Crippen LogP contribution in [-0.4, -0.2) is 0 Å². The average molecular weight is 283 g/mol. The lowest BCUT2D eigenvalue weighted by Crippen LogP contribution is -2.06. The lowest BCUT2D eigenvalue weighted by atomic mass is 9.87. The average Bonchev–Trinajstić information content (AvgIpc) is 2.57. The second-order valence-electron chi connectivity index (χ2n) is 5.31. The van der Waals surface area contributed by atoms with Crippen LogP contribution in [0.2, 0.25) is 0 Å². The van der Waals surface area contributed by atoms with Crippen LogP contribution < -0.4 is 0 Å². The van der Waals surface area contributed by atoms with Gasteiger partial charge in [0, 0.05) is 0 Å². The molecular weight excluding hydrogens is 264 g/mol. The summed E-state index contributed by atoms with van der Waals surface area (Å²) < 4.78 is 0. The summed E-state index contributed by atoms with van der Waals surface area (Å²) in [5.74, 6) is 0.257. The second-order valence-corrected chi connectivity index (χ2v) is 5.31. The maximum absolute atomic E-state index is 2.29. The molecule has 3 rings (SSSR count). The van der Waals surface area contributed by atoms with Gasteiger partial charge in [0.2, 0.25) is 0 Å².